The average molecular weight is 474 g/mol. The third kappa shape index (κ3) is 4.71. The zero-order valence-corrected chi connectivity index (χ0v) is 19.9. The molecule has 180 valence electrons. The van der Waals surface area contributed by atoms with E-state index in [2.05, 4.69) is 0 Å². The van der Waals surface area contributed by atoms with Gasteiger partial charge in [-0.3, -0.25) is 14.5 Å². The minimum absolute atomic E-state index is 0.00568. The maximum absolute atomic E-state index is 13.3. The molecular formula is C28H27NO6. The van der Waals surface area contributed by atoms with Crippen molar-refractivity contribution in [1.82, 2.24) is 0 Å². The number of ketones is 1. The quantitative estimate of drug-likeness (QED) is 0.278. The van der Waals surface area contributed by atoms with Crippen molar-refractivity contribution in [3.05, 3.63) is 89.5 Å². The van der Waals surface area contributed by atoms with Gasteiger partial charge in [-0.25, -0.2) is 0 Å². The topological polar surface area (TPSA) is 85.3 Å². The minimum atomic E-state index is -0.843. The Morgan fingerprint density at radius 2 is 1.49 bits per heavy atom. The molecule has 0 aromatic heterocycles. The number of carbonyl (C=O) groups excluding carboxylic acids is 2. The molecule has 0 spiro atoms. The molecule has 7 nitrogen and oxygen atoms in total. The maximum Gasteiger partial charge on any atom is 0.300 e. The van der Waals surface area contributed by atoms with Crippen molar-refractivity contribution >= 4 is 23.1 Å². The number of methoxy groups -OCH3 is 1. The van der Waals surface area contributed by atoms with E-state index < -0.39 is 17.7 Å². The molecule has 1 saturated heterocycles. The molecule has 3 aromatic carbocycles. The van der Waals surface area contributed by atoms with Crippen LogP contribution in [0.15, 0.2) is 78.4 Å². The zero-order valence-electron chi connectivity index (χ0n) is 19.9. The second-order valence-corrected chi connectivity index (χ2v) is 7.83. The highest BCUT2D eigenvalue weighted by Crippen LogP contribution is 2.43. The summed E-state index contributed by atoms with van der Waals surface area (Å²) in [4.78, 5) is 28.0. The van der Waals surface area contributed by atoms with E-state index in [0.717, 1.165) is 0 Å². The van der Waals surface area contributed by atoms with Crippen LogP contribution in [0.3, 0.4) is 0 Å². The van der Waals surface area contributed by atoms with Gasteiger partial charge in [-0.2, -0.15) is 0 Å². The summed E-state index contributed by atoms with van der Waals surface area (Å²) in [6.07, 6.45) is 0. The number of hydrogen-bond donors (Lipinski definition) is 1. The summed E-state index contributed by atoms with van der Waals surface area (Å²) in [6.45, 7) is 4.73. The Hall–Kier alpha value is -4.26. The van der Waals surface area contributed by atoms with Gasteiger partial charge >= 0.3 is 0 Å². The Labute approximate surface area is 204 Å². The Morgan fingerprint density at radius 3 is 2.11 bits per heavy atom. The van der Waals surface area contributed by atoms with Crippen LogP contribution in [0, 0.1) is 0 Å². The van der Waals surface area contributed by atoms with Crippen molar-refractivity contribution in [2.45, 2.75) is 19.9 Å². The number of anilines is 1. The van der Waals surface area contributed by atoms with Gasteiger partial charge < -0.3 is 19.3 Å². The van der Waals surface area contributed by atoms with Crippen LogP contribution in [-0.2, 0) is 9.59 Å². The summed E-state index contributed by atoms with van der Waals surface area (Å²) in [5, 5.41) is 11.2. The van der Waals surface area contributed by atoms with Crippen LogP contribution in [0.2, 0.25) is 0 Å². The predicted octanol–water partition coefficient (Wildman–Crippen LogP) is 5.12. The van der Waals surface area contributed by atoms with Gasteiger partial charge in [0.2, 0.25) is 0 Å². The van der Waals surface area contributed by atoms with Crippen LogP contribution in [0.5, 0.6) is 17.2 Å². The van der Waals surface area contributed by atoms with Gasteiger partial charge in [-0.15, -0.1) is 0 Å². The number of amides is 1. The molecule has 4 rings (SSSR count). The summed E-state index contributed by atoms with van der Waals surface area (Å²) in [5.41, 5.74) is 1.56. The van der Waals surface area contributed by atoms with E-state index in [-0.39, 0.29) is 11.3 Å². The van der Waals surface area contributed by atoms with Gasteiger partial charge in [0.15, 0.2) is 0 Å². The Kier molecular flexibility index (Phi) is 7.06. The summed E-state index contributed by atoms with van der Waals surface area (Å²) < 4.78 is 16.3. The molecule has 1 aliphatic heterocycles. The third-order valence-corrected chi connectivity index (χ3v) is 5.72. The van der Waals surface area contributed by atoms with E-state index in [1.807, 2.05) is 13.8 Å². The van der Waals surface area contributed by atoms with Crippen molar-refractivity contribution in [3.8, 4) is 17.2 Å². The lowest BCUT2D eigenvalue weighted by atomic mass is 9.95. The summed E-state index contributed by atoms with van der Waals surface area (Å²) in [5.74, 6) is 0.104. The lowest BCUT2D eigenvalue weighted by molar-refractivity contribution is -0.132. The van der Waals surface area contributed by atoms with Crippen molar-refractivity contribution in [2.24, 2.45) is 0 Å². The number of nitrogens with zero attached hydrogens (tertiary/aromatic N) is 1. The second kappa shape index (κ2) is 10.3. The molecule has 35 heavy (non-hydrogen) atoms. The molecule has 1 amide bonds. The lowest BCUT2D eigenvalue weighted by Crippen LogP contribution is -2.29. The van der Waals surface area contributed by atoms with Crippen molar-refractivity contribution in [2.75, 3.05) is 25.2 Å². The monoisotopic (exact) mass is 473 g/mol. The minimum Gasteiger partial charge on any atom is -0.507 e. The van der Waals surface area contributed by atoms with Gasteiger partial charge in [0.25, 0.3) is 11.7 Å². The molecule has 1 aliphatic rings. The normalized spacial score (nSPS) is 16.9. The summed E-state index contributed by atoms with van der Waals surface area (Å²) in [7, 11) is 1.54. The lowest BCUT2D eigenvalue weighted by Gasteiger charge is -2.26. The Bertz CT molecular complexity index is 1250. The van der Waals surface area contributed by atoms with Gasteiger partial charge in [0.05, 0.1) is 31.9 Å². The van der Waals surface area contributed by atoms with E-state index >= 15 is 0 Å². The molecule has 0 saturated carbocycles. The average Bonchev–Trinajstić information content (AvgIpc) is 3.15. The molecule has 1 fully saturated rings. The van der Waals surface area contributed by atoms with Crippen molar-refractivity contribution in [1.29, 1.82) is 0 Å². The first-order valence-corrected chi connectivity index (χ1v) is 11.4. The second-order valence-electron chi connectivity index (χ2n) is 7.83. The molecule has 7 heteroatoms. The number of aliphatic hydroxyl groups is 1. The largest absolute Gasteiger partial charge is 0.507 e. The molecular weight excluding hydrogens is 446 g/mol. The van der Waals surface area contributed by atoms with E-state index in [0.29, 0.717) is 47.3 Å². The number of Topliss-reactive ketones (excluding diaryl/α,β-unsaturated/α-hetero) is 1. The fourth-order valence-electron chi connectivity index (χ4n) is 4.12. The number of aliphatic hydroxyl groups excluding tert-OH is 1. The first-order chi connectivity index (χ1) is 17.0. The Morgan fingerprint density at radius 1 is 0.857 bits per heavy atom. The predicted molar refractivity (Wildman–Crippen MR) is 133 cm³/mol. The molecule has 1 unspecified atom stereocenters. The summed E-state index contributed by atoms with van der Waals surface area (Å²) >= 11 is 0. The SMILES string of the molecule is CCOc1ccc(C2/C(=C(\O)c3ccc(OC)cc3)C(=O)C(=O)N2c2cccc(OCC)c2)cc1. The van der Waals surface area contributed by atoms with Crippen LogP contribution in [0.1, 0.15) is 31.0 Å². The fourth-order valence-corrected chi connectivity index (χ4v) is 4.12. The molecule has 1 atom stereocenters. The Balaban J connectivity index is 1.88. The fraction of sp³-hybridized carbons (Fsp3) is 0.214. The van der Waals surface area contributed by atoms with Gasteiger partial charge in [0.1, 0.15) is 23.0 Å². The number of rotatable bonds is 8. The first-order valence-electron chi connectivity index (χ1n) is 11.4. The van der Waals surface area contributed by atoms with Crippen LogP contribution in [0.25, 0.3) is 5.76 Å². The molecule has 1 heterocycles. The van der Waals surface area contributed by atoms with Gasteiger partial charge in [0, 0.05) is 17.3 Å². The maximum atomic E-state index is 13.3. The number of benzene rings is 3. The highest BCUT2D eigenvalue weighted by Gasteiger charge is 2.47. The van der Waals surface area contributed by atoms with Crippen molar-refractivity contribution < 1.29 is 28.9 Å². The summed E-state index contributed by atoms with van der Waals surface area (Å²) in [6, 6.07) is 20.0. The standard InChI is InChI=1S/C28H27NO6/c1-4-34-22-15-9-18(10-16-22)25-24(26(30)19-11-13-21(33-3)14-12-19)27(31)28(32)29(25)20-7-6-8-23(17-20)35-5-2/h6-17,25,30H,4-5H2,1-3H3/b26-24+. The smallest absolute Gasteiger partial charge is 0.300 e. The first kappa shape index (κ1) is 23.9. The van der Waals surface area contributed by atoms with Crippen LogP contribution in [0.4, 0.5) is 5.69 Å². The van der Waals surface area contributed by atoms with Crippen LogP contribution >= 0.6 is 0 Å². The van der Waals surface area contributed by atoms with Gasteiger partial charge in [-0.1, -0.05) is 18.2 Å². The molecule has 0 radical (unpaired) electrons. The molecule has 0 bridgehead atoms. The van der Waals surface area contributed by atoms with Crippen LogP contribution in [-0.4, -0.2) is 37.1 Å². The molecule has 0 aliphatic carbocycles. The number of hydrogen-bond acceptors (Lipinski definition) is 6. The molecule has 1 N–H and O–H groups in total. The van der Waals surface area contributed by atoms with Gasteiger partial charge in [-0.05, 0) is 67.9 Å². The number of ether oxygens (including phenoxy) is 3. The van der Waals surface area contributed by atoms with Crippen molar-refractivity contribution in [3.63, 3.8) is 0 Å². The highest BCUT2D eigenvalue weighted by molar-refractivity contribution is 6.51. The van der Waals surface area contributed by atoms with E-state index in [4.69, 9.17) is 14.2 Å². The number of carbonyl (C=O) groups is 2. The van der Waals surface area contributed by atoms with Crippen LogP contribution < -0.4 is 19.1 Å². The van der Waals surface area contributed by atoms with E-state index in [1.165, 1.54) is 4.90 Å². The van der Waals surface area contributed by atoms with E-state index in [9.17, 15) is 14.7 Å². The van der Waals surface area contributed by atoms with E-state index in [1.54, 1.807) is 79.9 Å². The zero-order chi connectivity index (χ0) is 24.9. The molecule has 3 aromatic rings. The highest BCUT2D eigenvalue weighted by atomic mass is 16.5. The third-order valence-electron chi connectivity index (χ3n) is 5.72.